The van der Waals surface area contributed by atoms with Crippen molar-refractivity contribution in [3.05, 3.63) is 64.1 Å². The summed E-state index contributed by atoms with van der Waals surface area (Å²) in [5, 5.41) is 6.57. The number of carbonyl (C=O) groups is 2. The lowest BCUT2D eigenvalue weighted by Gasteiger charge is -2.22. The van der Waals surface area contributed by atoms with Crippen LogP contribution in [0.1, 0.15) is 31.9 Å². The van der Waals surface area contributed by atoms with Gasteiger partial charge in [0.15, 0.2) is 0 Å². The Morgan fingerprint density at radius 3 is 2.45 bits per heavy atom. The minimum Gasteiger partial charge on any atom is -0.444 e. The number of amides is 2. The Bertz CT molecular complexity index is 959. The summed E-state index contributed by atoms with van der Waals surface area (Å²) in [6, 6.07) is 14.3. The second-order valence-corrected chi connectivity index (χ2v) is 9.39. The molecule has 0 aliphatic heterocycles. The molecule has 0 aliphatic rings. The van der Waals surface area contributed by atoms with Gasteiger partial charge in [-0.15, -0.1) is 0 Å². The number of carbonyl (C=O) groups excluding carboxylic acids is 2. The molecule has 2 amide bonds. The number of hydrogen-bond acceptors (Lipinski definition) is 6. The summed E-state index contributed by atoms with van der Waals surface area (Å²) in [6.07, 6.45) is 0.815. The van der Waals surface area contributed by atoms with Crippen molar-refractivity contribution in [2.75, 3.05) is 25.6 Å². The van der Waals surface area contributed by atoms with Crippen LogP contribution in [0.2, 0.25) is 0 Å². The van der Waals surface area contributed by atoms with Gasteiger partial charge >= 0.3 is 6.09 Å². The number of hydrogen-bond donors (Lipinski definition) is 2. The molecule has 33 heavy (non-hydrogen) atoms. The molecule has 2 aromatic rings. The van der Waals surface area contributed by atoms with Crippen LogP contribution in [0.4, 0.5) is 10.5 Å². The molecular formula is C24H31BrN4O4. The van der Waals surface area contributed by atoms with Gasteiger partial charge in [-0.05, 0) is 60.0 Å². The molecule has 0 spiro atoms. The van der Waals surface area contributed by atoms with Gasteiger partial charge in [-0.2, -0.15) is 5.10 Å². The van der Waals surface area contributed by atoms with Gasteiger partial charge in [-0.25, -0.2) is 10.2 Å². The second kappa shape index (κ2) is 12.4. The van der Waals surface area contributed by atoms with E-state index in [-0.39, 0.29) is 6.61 Å². The molecule has 0 radical (unpaired) electrons. The average molecular weight is 519 g/mol. The topological polar surface area (TPSA) is 92.3 Å². The van der Waals surface area contributed by atoms with Crippen molar-refractivity contribution < 1.29 is 19.1 Å². The minimum absolute atomic E-state index is 0.0431. The van der Waals surface area contributed by atoms with Gasteiger partial charge in [-0.1, -0.05) is 36.4 Å². The SMILES string of the molecule is CN(C)c1ccc(/C=N\NC(=O)[C@H](COCc2ccccc2)NC(=O)OC(C)(C)C)cc1Br. The van der Waals surface area contributed by atoms with Crippen LogP contribution in [0, 0.1) is 0 Å². The highest BCUT2D eigenvalue weighted by Gasteiger charge is 2.24. The number of benzene rings is 2. The summed E-state index contributed by atoms with van der Waals surface area (Å²) in [4.78, 5) is 26.9. The maximum atomic E-state index is 12.7. The van der Waals surface area contributed by atoms with E-state index in [4.69, 9.17) is 9.47 Å². The molecule has 9 heteroatoms. The monoisotopic (exact) mass is 518 g/mol. The molecule has 8 nitrogen and oxygen atoms in total. The Balaban J connectivity index is 2.00. The third-order valence-electron chi connectivity index (χ3n) is 4.25. The van der Waals surface area contributed by atoms with E-state index in [0.29, 0.717) is 6.61 Å². The van der Waals surface area contributed by atoms with Gasteiger partial charge < -0.3 is 19.7 Å². The molecular weight excluding hydrogens is 488 g/mol. The van der Waals surface area contributed by atoms with Gasteiger partial charge in [0.05, 0.1) is 25.1 Å². The predicted octanol–water partition coefficient (Wildman–Crippen LogP) is 4.08. The fourth-order valence-corrected chi connectivity index (χ4v) is 3.47. The van der Waals surface area contributed by atoms with Gasteiger partial charge in [-0.3, -0.25) is 4.79 Å². The lowest BCUT2D eigenvalue weighted by Crippen LogP contribution is -2.49. The highest BCUT2D eigenvalue weighted by atomic mass is 79.9. The minimum atomic E-state index is -0.983. The van der Waals surface area contributed by atoms with Gasteiger partial charge in [0.25, 0.3) is 5.91 Å². The number of hydrazone groups is 1. The predicted molar refractivity (Wildman–Crippen MR) is 133 cm³/mol. The molecule has 178 valence electrons. The van der Waals surface area contributed by atoms with Crippen molar-refractivity contribution in [3.63, 3.8) is 0 Å². The van der Waals surface area contributed by atoms with Crippen molar-refractivity contribution in [2.24, 2.45) is 5.10 Å². The van der Waals surface area contributed by atoms with Crippen molar-refractivity contribution >= 4 is 39.8 Å². The first kappa shape index (κ1) is 26.3. The summed E-state index contributed by atoms with van der Waals surface area (Å²) in [5.41, 5.74) is 4.54. The highest BCUT2D eigenvalue weighted by Crippen LogP contribution is 2.25. The van der Waals surface area contributed by atoms with E-state index >= 15 is 0 Å². The zero-order valence-electron chi connectivity index (χ0n) is 19.6. The van der Waals surface area contributed by atoms with E-state index in [1.165, 1.54) is 6.21 Å². The molecule has 0 saturated heterocycles. The third kappa shape index (κ3) is 9.63. The number of halogens is 1. The zero-order chi connectivity index (χ0) is 24.4. The smallest absolute Gasteiger partial charge is 0.408 e. The first-order chi connectivity index (χ1) is 15.5. The van der Waals surface area contributed by atoms with E-state index in [1.807, 2.05) is 67.5 Å². The molecule has 2 N–H and O–H groups in total. The molecule has 0 aliphatic carbocycles. The summed E-state index contributed by atoms with van der Waals surface area (Å²) < 4.78 is 11.8. The lowest BCUT2D eigenvalue weighted by molar-refractivity contribution is -0.124. The van der Waals surface area contributed by atoms with Crippen LogP contribution < -0.4 is 15.6 Å². The van der Waals surface area contributed by atoms with Crippen LogP contribution in [-0.4, -0.2) is 50.6 Å². The lowest BCUT2D eigenvalue weighted by atomic mass is 10.2. The van der Waals surface area contributed by atoms with E-state index in [1.54, 1.807) is 20.8 Å². The molecule has 1 atom stereocenters. The quantitative estimate of drug-likeness (QED) is 0.385. The van der Waals surface area contributed by atoms with Crippen molar-refractivity contribution in [3.8, 4) is 0 Å². The first-order valence-corrected chi connectivity index (χ1v) is 11.3. The molecule has 0 aromatic heterocycles. The summed E-state index contributed by atoms with van der Waals surface area (Å²) in [5.74, 6) is -0.519. The standard InChI is InChI=1S/C24H31BrN4O4/c1-24(2,3)33-23(31)27-20(16-32-15-17-9-7-6-8-10-17)22(30)28-26-14-18-11-12-21(29(4)5)19(25)13-18/h6-14,20H,15-16H2,1-5H3,(H,27,31)(H,28,30)/b26-14-/t20-/m0/s1. The normalized spacial score (nSPS) is 12.3. The molecule has 2 rings (SSSR count). The number of alkyl carbamates (subject to hydrolysis) is 1. The maximum absolute atomic E-state index is 12.7. The Labute approximate surface area is 203 Å². The first-order valence-electron chi connectivity index (χ1n) is 10.5. The van der Waals surface area contributed by atoms with Gasteiger partial charge in [0.1, 0.15) is 11.6 Å². The average Bonchev–Trinajstić information content (AvgIpc) is 2.72. The Kier molecular flexibility index (Phi) is 9.87. The summed E-state index contributed by atoms with van der Waals surface area (Å²) in [6.45, 7) is 5.50. The Morgan fingerprint density at radius 2 is 1.85 bits per heavy atom. The summed E-state index contributed by atoms with van der Waals surface area (Å²) >= 11 is 3.52. The van der Waals surface area contributed by atoms with Crippen LogP contribution in [0.25, 0.3) is 0 Å². The Morgan fingerprint density at radius 1 is 1.15 bits per heavy atom. The van der Waals surface area contributed by atoms with Crippen LogP contribution in [0.5, 0.6) is 0 Å². The fourth-order valence-electron chi connectivity index (χ4n) is 2.72. The number of anilines is 1. The van der Waals surface area contributed by atoms with Gasteiger partial charge in [0, 0.05) is 18.6 Å². The van der Waals surface area contributed by atoms with E-state index < -0.39 is 23.6 Å². The van der Waals surface area contributed by atoms with Crippen molar-refractivity contribution in [2.45, 2.75) is 39.0 Å². The molecule has 0 saturated carbocycles. The maximum Gasteiger partial charge on any atom is 0.408 e. The number of ether oxygens (including phenoxy) is 2. The largest absolute Gasteiger partial charge is 0.444 e. The van der Waals surface area contributed by atoms with E-state index in [2.05, 4.69) is 31.8 Å². The molecule has 0 fully saturated rings. The fraction of sp³-hybridized carbons (Fsp3) is 0.375. The molecule has 0 bridgehead atoms. The van der Waals surface area contributed by atoms with E-state index in [9.17, 15) is 9.59 Å². The number of nitrogens with zero attached hydrogens (tertiary/aromatic N) is 2. The molecule has 0 unspecified atom stereocenters. The van der Waals surface area contributed by atoms with Crippen molar-refractivity contribution in [1.29, 1.82) is 0 Å². The second-order valence-electron chi connectivity index (χ2n) is 8.54. The summed E-state index contributed by atoms with van der Waals surface area (Å²) in [7, 11) is 3.90. The number of rotatable bonds is 9. The van der Waals surface area contributed by atoms with Crippen LogP contribution in [0.15, 0.2) is 58.1 Å². The van der Waals surface area contributed by atoms with Gasteiger partial charge in [0.2, 0.25) is 0 Å². The zero-order valence-corrected chi connectivity index (χ0v) is 21.2. The Hall–Kier alpha value is -2.91. The van der Waals surface area contributed by atoms with Crippen LogP contribution in [-0.2, 0) is 20.9 Å². The van der Waals surface area contributed by atoms with Crippen molar-refractivity contribution in [1.82, 2.24) is 10.7 Å². The van der Waals surface area contributed by atoms with E-state index in [0.717, 1.165) is 21.3 Å². The molecule has 0 heterocycles. The van der Waals surface area contributed by atoms with Crippen LogP contribution in [0.3, 0.4) is 0 Å². The third-order valence-corrected chi connectivity index (χ3v) is 4.88. The number of nitrogens with one attached hydrogen (secondary N) is 2. The highest BCUT2D eigenvalue weighted by molar-refractivity contribution is 9.10. The van der Waals surface area contributed by atoms with Crippen LogP contribution >= 0.6 is 15.9 Å². The molecule has 2 aromatic carbocycles.